The van der Waals surface area contributed by atoms with Gasteiger partial charge in [-0.3, -0.25) is 9.20 Å². The van der Waals surface area contributed by atoms with Crippen molar-refractivity contribution in [1.29, 1.82) is 0 Å². The van der Waals surface area contributed by atoms with E-state index in [4.69, 9.17) is 11.6 Å². The van der Waals surface area contributed by atoms with Crippen molar-refractivity contribution in [2.75, 3.05) is 0 Å². The molecule has 66 valence electrons. The molecule has 0 aliphatic carbocycles. The molecule has 3 nitrogen and oxygen atoms in total. The highest BCUT2D eigenvalue weighted by Crippen LogP contribution is 2.16. The number of fused-ring (bicyclic) bond motifs is 1. The van der Waals surface area contributed by atoms with Crippen molar-refractivity contribution in [2.45, 2.75) is 6.92 Å². The van der Waals surface area contributed by atoms with Gasteiger partial charge < -0.3 is 0 Å². The largest absolute Gasteiger partial charge is 0.296 e. The van der Waals surface area contributed by atoms with Gasteiger partial charge in [0.2, 0.25) is 0 Å². The molecule has 0 atom stereocenters. The highest BCUT2D eigenvalue weighted by atomic mass is 35.5. The second kappa shape index (κ2) is 2.85. The monoisotopic (exact) mass is 194 g/mol. The molecule has 0 saturated heterocycles. The number of imidazole rings is 1. The molecule has 0 spiro atoms. The smallest absolute Gasteiger partial charge is 0.170 e. The SMILES string of the molecule is Cc1ccc2nc(Cl)c(C=O)n2c1. The highest BCUT2D eigenvalue weighted by molar-refractivity contribution is 6.31. The summed E-state index contributed by atoms with van der Waals surface area (Å²) >= 11 is 5.76. The lowest BCUT2D eigenvalue weighted by molar-refractivity contribution is 0.111. The van der Waals surface area contributed by atoms with Crippen LogP contribution in [0.3, 0.4) is 0 Å². The van der Waals surface area contributed by atoms with Gasteiger partial charge in [-0.1, -0.05) is 17.7 Å². The standard InChI is InChI=1S/C9H7ClN2O/c1-6-2-3-8-11-9(10)7(5-13)12(8)4-6/h2-5H,1H3. The first-order valence-corrected chi connectivity index (χ1v) is 4.19. The lowest BCUT2D eigenvalue weighted by Crippen LogP contribution is -1.91. The number of aldehydes is 1. The van der Waals surface area contributed by atoms with E-state index in [1.165, 1.54) is 0 Å². The Kier molecular flexibility index (Phi) is 1.81. The predicted octanol–water partition coefficient (Wildman–Crippen LogP) is 2.11. The fourth-order valence-corrected chi connectivity index (χ4v) is 1.47. The van der Waals surface area contributed by atoms with Crippen LogP contribution in [0.5, 0.6) is 0 Å². The number of halogens is 1. The van der Waals surface area contributed by atoms with E-state index >= 15 is 0 Å². The van der Waals surface area contributed by atoms with Gasteiger partial charge in [0, 0.05) is 6.20 Å². The number of hydrogen-bond donors (Lipinski definition) is 0. The second-order valence-electron chi connectivity index (χ2n) is 2.84. The minimum Gasteiger partial charge on any atom is -0.296 e. The van der Waals surface area contributed by atoms with E-state index in [0.717, 1.165) is 5.56 Å². The molecule has 0 saturated carbocycles. The van der Waals surface area contributed by atoms with Crippen LogP contribution in [0.15, 0.2) is 18.3 Å². The van der Waals surface area contributed by atoms with E-state index in [2.05, 4.69) is 4.98 Å². The van der Waals surface area contributed by atoms with E-state index in [0.29, 0.717) is 17.6 Å². The van der Waals surface area contributed by atoms with Crippen LogP contribution in [-0.4, -0.2) is 15.7 Å². The maximum Gasteiger partial charge on any atom is 0.170 e. The van der Waals surface area contributed by atoms with E-state index in [1.807, 2.05) is 25.3 Å². The summed E-state index contributed by atoms with van der Waals surface area (Å²) in [6.45, 7) is 1.95. The summed E-state index contributed by atoms with van der Waals surface area (Å²) in [7, 11) is 0. The van der Waals surface area contributed by atoms with Crippen molar-refractivity contribution in [3.8, 4) is 0 Å². The van der Waals surface area contributed by atoms with Crippen LogP contribution >= 0.6 is 11.6 Å². The second-order valence-corrected chi connectivity index (χ2v) is 3.20. The molecule has 4 heteroatoms. The third kappa shape index (κ3) is 1.21. The molecule has 2 rings (SSSR count). The van der Waals surface area contributed by atoms with E-state index < -0.39 is 0 Å². The van der Waals surface area contributed by atoms with Gasteiger partial charge in [-0.2, -0.15) is 0 Å². The Morgan fingerprint density at radius 1 is 1.54 bits per heavy atom. The van der Waals surface area contributed by atoms with Crippen LogP contribution in [0, 0.1) is 6.92 Å². The van der Waals surface area contributed by atoms with Crippen LogP contribution in [-0.2, 0) is 0 Å². The molecule has 0 aliphatic heterocycles. The summed E-state index contributed by atoms with van der Waals surface area (Å²) in [6, 6.07) is 3.75. The van der Waals surface area contributed by atoms with Crippen molar-refractivity contribution >= 4 is 23.5 Å². The summed E-state index contributed by atoms with van der Waals surface area (Å²) in [5.74, 6) is 0. The molecule has 2 heterocycles. The van der Waals surface area contributed by atoms with Crippen molar-refractivity contribution in [3.63, 3.8) is 0 Å². The van der Waals surface area contributed by atoms with E-state index in [-0.39, 0.29) is 5.15 Å². The normalized spacial score (nSPS) is 10.6. The Labute approximate surface area is 80.0 Å². The van der Waals surface area contributed by atoms with E-state index in [1.54, 1.807) is 4.40 Å². The summed E-state index contributed by atoms with van der Waals surface area (Å²) in [5.41, 5.74) is 2.16. The third-order valence-electron chi connectivity index (χ3n) is 1.87. The maximum absolute atomic E-state index is 10.7. The number of nitrogens with zero attached hydrogens (tertiary/aromatic N) is 2. The van der Waals surface area contributed by atoms with Gasteiger partial charge in [0.1, 0.15) is 11.3 Å². The van der Waals surface area contributed by atoms with Crippen molar-refractivity contribution in [2.24, 2.45) is 0 Å². The number of rotatable bonds is 1. The minimum atomic E-state index is 0.251. The van der Waals surface area contributed by atoms with Gasteiger partial charge in [0.15, 0.2) is 11.4 Å². The Morgan fingerprint density at radius 3 is 3.00 bits per heavy atom. The number of aromatic nitrogens is 2. The van der Waals surface area contributed by atoms with E-state index in [9.17, 15) is 4.79 Å². The van der Waals surface area contributed by atoms with Crippen LogP contribution in [0.4, 0.5) is 0 Å². The lowest BCUT2D eigenvalue weighted by atomic mass is 10.3. The maximum atomic E-state index is 10.7. The Bertz CT molecular complexity index is 476. The van der Waals surface area contributed by atoms with Gasteiger partial charge >= 0.3 is 0 Å². The number of pyridine rings is 1. The molecule has 0 amide bonds. The first-order valence-electron chi connectivity index (χ1n) is 3.82. The molecule has 0 bridgehead atoms. The average molecular weight is 195 g/mol. The molecule has 0 aliphatic rings. The first-order chi connectivity index (χ1) is 6.22. The lowest BCUT2D eigenvalue weighted by Gasteiger charge is -1.96. The molecule has 0 radical (unpaired) electrons. The van der Waals surface area contributed by atoms with Gasteiger partial charge in [0.05, 0.1) is 0 Å². The Morgan fingerprint density at radius 2 is 2.31 bits per heavy atom. The summed E-state index contributed by atoms with van der Waals surface area (Å²) in [5, 5.41) is 0.251. The molecule has 0 unspecified atom stereocenters. The number of carbonyl (C=O) groups excluding carboxylic acids is 1. The summed E-state index contributed by atoms with van der Waals surface area (Å²) in [4.78, 5) is 14.7. The predicted molar refractivity (Wildman–Crippen MR) is 50.3 cm³/mol. The summed E-state index contributed by atoms with van der Waals surface area (Å²) in [6.07, 6.45) is 2.54. The van der Waals surface area contributed by atoms with Crippen molar-refractivity contribution in [1.82, 2.24) is 9.38 Å². The molecule has 2 aromatic heterocycles. The Hall–Kier alpha value is -1.35. The average Bonchev–Trinajstić information content (AvgIpc) is 2.40. The number of hydrogen-bond acceptors (Lipinski definition) is 2. The fourth-order valence-electron chi connectivity index (χ4n) is 1.25. The molecule has 2 aromatic rings. The molecule has 13 heavy (non-hydrogen) atoms. The zero-order chi connectivity index (χ0) is 9.42. The summed E-state index contributed by atoms with van der Waals surface area (Å²) < 4.78 is 1.69. The molecule has 0 fully saturated rings. The number of aryl methyl sites for hydroxylation is 1. The molecule has 0 aromatic carbocycles. The highest BCUT2D eigenvalue weighted by Gasteiger charge is 2.08. The van der Waals surface area contributed by atoms with Crippen LogP contribution < -0.4 is 0 Å². The topological polar surface area (TPSA) is 34.4 Å². The zero-order valence-electron chi connectivity index (χ0n) is 6.99. The molecule has 0 N–H and O–H groups in total. The fraction of sp³-hybridized carbons (Fsp3) is 0.111. The zero-order valence-corrected chi connectivity index (χ0v) is 7.75. The van der Waals surface area contributed by atoms with Crippen LogP contribution in [0.2, 0.25) is 5.15 Å². The third-order valence-corrected chi connectivity index (χ3v) is 2.15. The van der Waals surface area contributed by atoms with Crippen molar-refractivity contribution in [3.05, 3.63) is 34.7 Å². The minimum absolute atomic E-state index is 0.251. The quantitative estimate of drug-likeness (QED) is 0.652. The van der Waals surface area contributed by atoms with Crippen molar-refractivity contribution < 1.29 is 4.79 Å². The van der Waals surface area contributed by atoms with Gasteiger partial charge in [-0.25, -0.2) is 4.98 Å². The van der Waals surface area contributed by atoms with Crippen LogP contribution in [0.1, 0.15) is 16.1 Å². The number of carbonyl (C=O) groups is 1. The van der Waals surface area contributed by atoms with Gasteiger partial charge in [-0.15, -0.1) is 0 Å². The van der Waals surface area contributed by atoms with Gasteiger partial charge in [0.25, 0.3) is 0 Å². The van der Waals surface area contributed by atoms with Crippen LogP contribution in [0.25, 0.3) is 5.65 Å². The first kappa shape index (κ1) is 8.26. The van der Waals surface area contributed by atoms with Gasteiger partial charge in [-0.05, 0) is 18.6 Å². The Balaban J connectivity index is 2.88. The molecular weight excluding hydrogens is 188 g/mol. The molecular formula is C9H7ClN2O.